The molecule has 0 unspecified atom stereocenters. The van der Waals surface area contributed by atoms with E-state index in [4.69, 9.17) is 0 Å². The van der Waals surface area contributed by atoms with Crippen molar-refractivity contribution < 1.29 is 8.42 Å². The number of benzene rings is 2. The molecular weight excluding hydrogens is 372 g/mol. The van der Waals surface area contributed by atoms with Crippen LogP contribution < -0.4 is 4.72 Å². The molecule has 0 amide bonds. The SMILES string of the molecule is CSc1nc2ccc(NS(=O)(=O)c3ccc(CC(C)C)cc3)cc2s1. The van der Waals surface area contributed by atoms with E-state index in [0.29, 0.717) is 11.6 Å². The standard InChI is InChI=1S/C18H20N2O2S3/c1-12(2)10-13-4-7-15(8-5-13)25(21,22)20-14-6-9-16-17(11-14)24-18(19-16)23-3/h4-9,11-12,20H,10H2,1-3H3. The van der Waals surface area contributed by atoms with Crippen molar-refractivity contribution in [2.75, 3.05) is 11.0 Å². The topological polar surface area (TPSA) is 59.1 Å². The van der Waals surface area contributed by atoms with E-state index in [2.05, 4.69) is 23.6 Å². The predicted octanol–water partition coefficient (Wildman–Crippen LogP) is 5.02. The van der Waals surface area contributed by atoms with Crippen LogP contribution in [-0.2, 0) is 16.4 Å². The van der Waals surface area contributed by atoms with E-state index < -0.39 is 10.0 Å². The molecule has 0 saturated carbocycles. The van der Waals surface area contributed by atoms with Gasteiger partial charge in [0.15, 0.2) is 4.34 Å². The van der Waals surface area contributed by atoms with Crippen molar-refractivity contribution >= 4 is 49.0 Å². The molecule has 132 valence electrons. The molecule has 0 bridgehead atoms. The number of anilines is 1. The molecule has 1 heterocycles. The molecule has 0 fully saturated rings. The highest BCUT2D eigenvalue weighted by Gasteiger charge is 2.15. The van der Waals surface area contributed by atoms with Gasteiger partial charge in [0.2, 0.25) is 0 Å². The number of rotatable bonds is 6. The summed E-state index contributed by atoms with van der Waals surface area (Å²) in [4.78, 5) is 4.74. The summed E-state index contributed by atoms with van der Waals surface area (Å²) in [5.41, 5.74) is 2.58. The first-order valence-electron chi connectivity index (χ1n) is 7.94. The van der Waals surface area contributed by atoms with Gasteiger partial charge in [-0.2, -0.15) is 0 Å². The highest BCUT2D eigenvalue weighted by atomic mass is 32.2. The Morgan fingerprint density at radius 2 is 1.88 bits per heavy atom. The molecule has 1 aromatic heterocycles. The van der Waals surface area contributed by atoms with Crippen molar-refractivity contribution in [1.82, 2.24) is 4.98 Å². The first-order chi connectivity index (χ1) is 11.9. The van der Waals surface area contributed by atoms with Crippen LogP contribution in [0.1, 0.15) is 19.4 Å². The maximum atomic E-state index is 12.6. The summed E-state index contributed by atoms with van der Waals surface area (Å²) in [6.07, 6.45) is 2.91. The fourth-order valence-electron chi connectivity index (χ4n) is 2.54. The summed E-state index contributed by atoms with van der Waals surface area (Å²) in [6.45, 7) is 4.29. The molecule has 0 radical (unpaired) electrons. The molecule has 0 spiro atoms. The summed E-state index contributed by atoms with van der Waals surface area (Å²) in [5, 5.41) is 0. The number of fused-ring (bicyclic) bond motifs is 1. The van der Waals surface area contributed by atoms with Crippen LogP contribution in [0, 0.1) is 5.92 Å². The number of nitrogens with one attached hydrogen (secondary N) is 1. The number of thioether (sulfide) groups is 1. The Morgan fingerprint density at radius 1 is 1.16 bits per heavy atom. The van der Waals surface area contributed by atoms with E-state index in [-0.39, 0.29) is 4.90 Å². The van der Waals surface area contributed by atoms with Gasteiger partial charge in [0.1, 0.15) is 0 Å². The van der Waals surface area contributed by atoms with Gasteiger partial charge >= 0.3 is 0 Å². The van der Waals surface area contributed by atoms with Crippen LogP contribution in [0.4, 0.5) is 5.69 Å². The van der Waals surface area contributed by atoms with Gasteiger partial charge in [-0.3, -0.25) is 4.72 Å². The van der Waals surface area contributed by atoms with E-state index >= 15 is 0 Å². The second-order valence-electron chi connectivity index (χ2n) is 6.21. The Hall–Kier alpha value is -1.57. The van der Waals surface area contributed by atoms with Crippen molar-refractivity contribution in [3.8, 4) is 0 Å². The smallest absolute Gasteiger partial charge is 0.261 e. The Labute approximate surface area is 156 Å². The van der Waals surface area contributed by atoms with Crippen LogP contribution in [0.15, 0.2) is 51.7 Å². The van der Waals surface area contributed by atoms with Gasteiger partial charge in [-0.15, -0.1) is 11.3 Å². The zero-order valence-electron chi connectivity index (χ0n) is 14.3. The monoisotopic (exact) mass is 392 g/mol. The lowest BCUT2D eigenvalue weighted by Crippen LogP contribution is -2.12. The summed E-state index contributed by atoms with van der Waals surface area (Å²) >= 11 is 3.14. The van der Waals surface area contributed by atoms with E-state index in [9.17, 15) is 8.42 Å². The van der Waals surface area contributed by atoms with Crippen molar-refractivity contribution in [2.45, 2.75) is 29.5 Å². The maximum Gasteiger partial charge on any atom is 0.261 e. The van der Waals surface area contributed by atoms with Gasteiger partial charge in [-0.1, -0.05) is 37.7 Å². The van der Waals surface area contributed by atoms with Gasteiger partial charge in [0.05, 0.1) is 20.8 Å². The van der Waals surface area contributed by atoms with E-state index in [1.54, 1.807) is 41.3 Å². The zero-order valence-corrected chi connectivity index (χ0v) is 16.8. The first kappa shape index (κ1) is 18.2. The fraction of sp³-hybridized carbons (Fsp3) is 0.278. The average molecular weight is 393 g/mol. The molecule has 0 aliphatic heterocycles. The molecule has 25 heavy (non-hydrogen) atoms. The van der Waals surface area contributed by atoms with Gasteiger partial charge < -0.3 is 0 Å². The van der Waals surface area contributed by atoms with Gasteiger partial charge in [-0.05, 0) is 54.5 Å². The van der Waals surface area contributed by atoms with E-state index in [1.165, 1.54) is 0 Å². The van der Waals surface area contributed by atoms with Crippen LogP contribution in [0.25, 0.3) is 10.2 Å². The minimum absolute atomic E-state index is 0.272. The van der Waals surface area contributed by atoms with Crippen LogP contribution in [-0.4, -0.2) is 19.7 Å². The second kappa shape index (κ2) is 7.35. The van der Waals surface area contributed by atoms with E-state index in [0.717, 1.165) is 26.5 Å². The highest BCUT2D eigenvalue weighted by Crippen LogP contribution is 2.30. The Kier molecular flexibility index (Phi) is 5.36. The molecule has 0 saturated heterocycles. The first-order valence-corrected chi connectivity index (χ1v) is 11.5. The number of hydrogen-bond acceptors (Lipinski definition) is 5. The van der Waals surface area contributed by atoms with Gasteiger partial charge in [0.25, 0.3) is 10.0 Å². The average Bonchev–Trinajstić information content (AvgIpc) is 2.97. The zero-order chi connectivity index (χ0) is 18.0. The summed E-state index contributed by atoms with van der Waals surface area (Å²) in [5.74, 6) is 0.540. The van der Waals surface area contributed by atoms with Gasteiger partial charge in [-0.25, -0.2) is 13.4 Å². The van der Waals surface area contributed by atoms with Crippen LogP contribution in [0.5, 0.6) is 0 Å². The molecule has 3 rings (SSSR count). The normalized spacial score (nSPS) is 12.0. The lowest BCUT2D eigenvalue weighted by molar-refractivity contribution is 0.601. The molecule has 0 aliphatic rings. The van der Waals surface area contributed by atoms with Crippen LogP contribution in [0.3, 0.4) is 0 Å². The molecule has 3 aromatic rings. The minimum Gasteiger partial charge on any atom is -0.280 e. The summed E-state index contributed by atoms with van der Waals surface area (Å²) < 4.78 is 29.8. The summed E-state index contributed by atoms with van der Waals surface area (Å²) in [6, 6.07) is 12.5. The van der Waals surface area contributed by atoms with Crippen molar-refractivity contribution in [3.63, 3.8) is 0 Å². The predicted molar refractivity (Wildman–Crippen MR) is 107 cm³/mol. The fourth-order valence-corrected chi connectivity index (χ4v) is 5.12. The summed E-state index contributed by atoms with van der Waals surface area (Å²) in [7, 11) is -3.60. The number of hydrogen-bond donors (Lipinski definition) is 1. The number of thiazole rings is 1. The molecule has 4 nitrogen and oxygen atoms in total. The maximum absolute atomic E-state index is 12.6. The highest BCUT2D eigenvalue weighted by molar-refractivity contribution is 8.00. The largest absolute Gasteiger partial charge is 0.280 e. The Balaban J connectivity index is 1.83. The Morgan fingerprint density at radius 3 is 2.52 bits per heavy atom. The lowest BCUT2D eigenvalue weighted by atomic mass is 10.0. The van der Waals surface area contributed by atoms with E-state index in [1.807, 2.05) is 30.5 Å². The van der Waals surface area contributed by atoms with Crippen molar-refractivity contribution in [2.24, 2.45) is 5.92 Å². The van der Waals surface area contributed by atoms with Gasteiger partial charge in [0, 0.05) is 0 Å². The molecule has 2 aromatic carbocycles. The third kappa shape index (κ3) is 4.34. The number of nitrogens with zero attached hydrogens (tertiary/aromatic N) is 1. The van der Waals surface area contributed by atoms with Crippen LogP contribution >= 0.6 is 23.1 Å². The second-order valence-corrected chi connectivity index (χ2v) is 9.98. The third-order valence-corrected chi connectivity index (χ3v) is 7.07. The van der Waals surface area contributed by atoms with Crippen molar-refractivity contribution in [1.29, 1.82) is 0 Å². The Bertz CT molecular complexity index is 977. The minimum atomic E-state index is -3.60. The third-order valence-electron chi connectivity index (χ3n) is 3.67. The van der Waals surface area contributed by atoms with Crippen molar-refractivity contribution in [3.05, 3.63) is 48.0 Å². The molecule has 1 N–H and O–H groups in total. The molecule has 7 heteroatoms. The molecule has 0 aliphatic carbocycles. The molecular formula is C18H20N2O2S3. The molecule has 0 atom stereocenters. The quantitative estimate of drug-likeness (QED) is 0.599. The van der Waals surface area contributed by atoms with Crippen LogP contribution in [0.2, 0.25) is 0 Å². The number of aromatic nitrogens is 1. The number of sulfonamides is 1. The lowest BCUT2D eigenvalue weighted by Gasteiger charge is -2.09.